The molecule has 1 aliphatic carbocycles. The van der Waals surface area contributed by atoms with Gasteiger partial charge in [-0.15, -0.1) is 0 Å². The zero-order valence-corrected chi connectivity index (χ0v) is 11.9. The smallest absolute Gasteiger partial charge is 0.0107 e. The summed E-state index contributed by atoms with van der Waals surface area (Å²) in [7, 11) is 0. The van der Waals surface area contributed by atoms with Gasteiger partial charge in [0, 0.05) is 6.04 Å². The van der Waals surface area contributed by atoms with E-state index in [1.54, 1.807) is 0 Å². The molecule has 1 fully saturated rings. The zero-order chi connectivity index (χ0) is 13.2. The number of hydrogen-bond acceptors (Lipinski definition) is 1. The Morgan fingerprint density at radius 2 is 1.84 bits per heavy atom. The van der Waals surface area contributed by atoms with Crippen LogP contribution in [-0.2, 0) is 0 Å². The summed E-state index contributed by atoms with van der Waals surface area (Å²) in [4.78, 5) is 0. The number of fused-ring (bicyclic) bond motifs is 1. The van der Waals surface area contributed by atoms with Crippen LogP contribution in [0.15, 0.2) is 42.5 Å². The molecule has 0 amide bonds. The molecule has 19 heavy (non-hydrogen) atoms. The van der Waals surface area contributed by atoms with E-state index in [0.717, 1.165) is 24.4 Å². The van der Waals surface area contributed by atoms with Crippen LogP contribution in [0.1, 0.15) is 38.2 Å². The molecule has 1 nitrogen and oxygen atoms in total. The summed E-state index contributed by atoms with van der Waals surface area (Å²) in [6, 6.07) is 16.4. The molecule has 1 aliphatic rings. The van der Waals surface area contributed by atoms with Gasteiger partial charge in [0.05, 0.1) is 0 Å². The number of benzene rings is 2. The average molecular weight is 253 g/mol. The average Bonchev–Trinajstić information content (AvgIpc) is 2.43. The number of nitrogens with one attached hydrogen (secondary N) is 1. The van der Waals surface area contributed by atoms with Crippen LogP contribution in [0.2, 0.25) is 0 Å². The van der Waals surface area contributed by atoms with Crippen molar-refractivity contribution in [2.45, 2.75) is 38.6 Å². The van der Waals surface area contributed by atoms with Crippen molar-refractivity contribution in [2.75, 3.05) is 6.54 Å². The molecule has 3 atom stereocenters. The van der Waals surface area contributed by atoms with Gasteiger partial charge in [-0.1, -0.05) is 62.7 Å². The Morgan fingerprint density at radius 3 is 2.58 bits per heavy atom. The van der Waals surface area contributed by atoms with E-state index in [0.29, 0.717) is 0 Å². The van der Waals surface area contributed by atoms with E-state index < -0.39 is 0 Å². The molecule has 0 radical (unpaired) electrons. The first kappa shape index (κ1) is 12.7. The Labute approximate surface area is 116 Å². The second-order valence-electron chi connectivity index (χ2n) is 5.69. The van der Waals surface area contributed by atoms with Crippen LogP contribution in [0.3, 0.4) is 0 Å². The summed E-state index contributed by atoms with van der Waals surface area (Å²) >= 11 is 0. The third kappa shape index (κ3) is 2.28. The van der Waals surface area contributed by atoms with Gasteiger partial charge < -0.3 is 5.32 Å². The van der Waals surface area contributed by atoms with E-state index in [1.165, 1.54) is 29.2 Å². The Balaban J connectivity index is 1.85. The highest BCUT2D eigenvalue weighted by Crippen LogP contribution is 2.45. The third-order valence-electron chi connectivity index (χ3n) is 4.68. The summed E-state index contributed by atoms with van der Waals surface area (Å²) in [5.74, 6) is 1.56. The maximum atomic E-state index is 3.62. The van der Waals surface area contributed by atoms with Crippen molar-refractivity contribution >= 4 is 10.8 Å². The third-order valence-corrected chi connectivity index (χ3v) is 4.68. The molecule has 0 aliphatic heterocycles. The molecule has 3 unspecified atom stereocenters. The summed E-state index contributed by atoms with van der Waals surface area (Å²) in [6.07, 6.45) is 2.57. The van der Waals surface area contributed by atoms with E-state index >= 15 is 0 Å². The lowest BCUT2D eigenvalue weighted by Gasteiger charge is -2.45. The van der Waals surface area contributed by atoms with Gasteiger partial charge >= 0.3 is 0 Å². The van der Waals surface area contributed by atoms with E-state index in [-0.39, 0.29) is 0 Å². The Morgan fingerprint density at radius 1 is 1.05 bits per heavy atom. The monoisotopic (exact) mass is 253 g/mol. The zero-order valence-electron chi connectivity index (χ0n) is 11.9. The van der Waals surface area contributed by atoms with Gasteiger partial charge in [-0.2, -0.15) is 0 Å². The fourth-order valence-corrected chi connectivity index (χ4v) is 3.60. The maximum Gasteiger partial charge on any atom is 0.0107 e. The van der Waals surface area contributed by atoms with Crippen molar-refractivity contribution < 1.29 is 0 Å². The van der Waals surface area contributed by atoms with Gasteiger partial charge in [0.2, 0.25) is 0 Å². The highest BCUT2D eigenvalue weighted by atomic mass is 14.9. The molecular weight excluding hydrogens is 230 g/mol. The molecular formula is C18H23N. The first-order valence-corrected chi connectivity index (χ1v) is 7.55. The summed E-state index contributed by atoms with van der Waals surface area (Å²) in [6.45, 7) is 5.61. The van der Waals surface area contributed by atoms with E-state index in [1.807, 2.05) is 0 Å². The second-order valence-corrected chi connectivity index (χ2v) is 5.69. The van der Waals surface area contributed by atoms with Crippen molar-refractivity contribution in [3.05, 3.63) is 48.0 Å². The molecule has 1 heteroatoms. The fraction of sp³-hybridized carbons (Fsp3) is 0.444. The maximum absolute atomic E-state index is 3.62. The standard InChI is InChI=1S/C18H23N/c1-3-16-17(12-18(16)19-4-2)15-10-9-13-7-5-6-8-14(13)11-15/h5-11,16-19H,3-4,12H2,1-2H3. The molecule has 2 aromatic carbocycles. The van der Waals surface area contributed by atoms with Gasteiger partial charge in [-0.3, -0.25) is 0 Å². The quantitative estimate of drug-likeness (QED) is 0.855. The SMILES string of the molecule is CCNC1CC(c2ccc3ccccc3c2)C1CC. The first-order valence-electron chi connectivity index (χ1n) is 7.55. The summed E-state index contributed by atoms with van der Waals surface area (Å²) in [5, 5.41) is 6.35. The molecule has 0 spiro atoms. The van der Waals surface area contributed by atoms with Crippen molar-refractivity contribution in [1.82, 2.24) is 5.32 Å². The first-order chi connectivity index (χ1) is 9.33. The molecule has 0 bridgehead atoms. The van der Waals surface area contributed by atoms with Gasteiger partial charge in [0.25, 0.3) is 0 Å². The van der Waals surface area contributed by atoms with Crippen LogP contribution >= 0.6 is 0 Å². The van der Waals surface area contributed by atoms with E-state index in [4.69, 9.17) is 0 Å². The lowest BCUT2D eigenvalue weighted by Crippen LogP contribution is -2.48. The molecule has 100 valence electrons. The van der Waals surface area contributed by atoms with Crippen molar-refractivity contribution in [1.29, 1.82) is 0 Å². The molecule has 0 aromatic heterocycles. The molecule has 1 N–H and O–H groups in total. The molecule has 3 rings (SSSR count). The largest absolute Gasteiger partial charge is 0.314 e. The molecule has 2 aromatic rings. The Bertz CT molecular complexity index is 560. The van der Waals surface area contributed by atoms with Crippen LogP contribution in [0.25, 0.3) is 10.8 Å². The molecule has 0 heterocycles. The van der Waals surface area contributed by atoms with Crippen LogP contribution in [0.4, 0.5) is 0 Å². The normalized spacial score (nSPS) is 26.3. The highest BCUT2D eigenvalue weighted by molar-refractivity contribution is 5.83. The lowest BCUT2D eigenvalue weighted by atomic mass is 9.65. The minimum Gasteiger partial charge on any atom is -0.314 e. The fourth-order valence-electron chi connectivity index (χ4n) is 3.60. The van der Waals surface area contributed by atoms with Crippen molar-refractivity contribution in [3.8, 4) is 0 Å². The summed E-state index contributed by atoms with van der Waals surface area (Å²) < 4.78 is 0. The lowest BCUT2D eigenvalue weighted by molar-refractivity contribution is 0.163. The van der Waals surface area contributed by atoms with Crippen molar-refractivity contribution in [3.63, 3.8) is 0 Å². The number of hydrogen-bond donors (Lipinski definition) is 1. The molecule has 0 saturated heterocycles. The van der Waals surface area contributed by atoms with Gasteiger partial charge in [-0.05, 0) is 41.1 Å². The Kier molecular flexibility index (Phi) is 3.56. The molecule has 1 saturated carbocycles. The Hall–Kier alpha value is -1.34. The van der Waals surface area contributed by atoms with Gasteiger partial charge in [-0.25, -0.2) is 0 Å². The van der Waals surface area contributed by atoms with Crippen LogP contribution in [-0.4, -0.2) is 12.6 Å². The predicted octanol–water partition coefficient (Wildman–Crippen LogP) is 4.33. The topological polar surface area (TPSA) is 12.0 Å². The van der Waals surface area contributed by atoms with Crippen LogP contribution < -0.4 is 5.32 Å². The minimum absolute atomic E-state index is 0.728. The van der Waals surface area contributed by atoms with Crippen molar-refractivity contribution in [2.24, 2.45) is 5.92 Å². The highest BCUT2D eigenvalue weighted by Gasteiger charge is 2.39. The van der Waals surface area contributed by atoms with Gasteiger partial charge in [0.1, 0.15) is 0 Å². The van der Waals surface area contributed by atoms with Crippen LogP contribution in [0.5, 0.6) is 0 Å². The van der Waals surface area contributed by atoms with Crippen LogP contribution in [0, 0.1) is 5.92 Å². The number of rotatable bonds is 4. The second kappa shape index (κ2) is 5.34. The van der Waals surface area contributed by atoms with E-state index in [9.17, 15) is 0 Å². The van der Waals surface area contributed by atoms with E-state index in [2.05, 4.69) is 61.6 Å². The minimum atomic E-state index is 0.728. The van der Waals surface area contributed by atoms with Gasteiger partial charge in [0.15, 0.2) is 0 Å². The predicted molar refractivity (Wildman–Crippen MR) is 82.6 cm³/mol. The summed E-state index contributed by atoms with van der Waals surface area (Å²) in [5.41, 5.74) is 1.53.